The number of aromatic nitrogens is 1. The molecule has 24 heavy (non-hydrogen) atoms. The first kappa shape index (κ1) is 15.6. The maximum atomic E-state index is 12.2. The number of likely N-dealkylation sites (tertiary alicyclic amines) is 1. The summed E-state index contributed by atoms with van der Waals surface area (Å²) in [4.78, 5) is 17.9. The zero-order valence-electron chi connectivity index (χ0n) is 13.1. The van der Waals surface area contributed by atoms with Crippen molar-refractivity contribution in [3.05, 3.63) is 41.9 Å². The lowest BCUT2D eigenvalue weighted by molar-refractivity contribution is 0.0904. The van der Waals surface area contributed by atoms with Crippen molar-refractivity contribution in [1.29, 1.82) is 10.5 Å². The van der Waals surface area contributed by atoms with Gasteiger partial charge in [-0.3, -0.25) is 4.79 Å². The van der Waals surface area contributed by atoms with Crippen molar-refractivity contribution >= 4 is 5.91 Å². The minimum Gasteiger partial charge on any atom is -0.432 e. The lowest BCUT2D eigenvalue weighted by atomic mass is 10.1. The molecule has 1 saturated heterocycles. The zero-order valence-corrected chi connectivity index (χ0v) is 13.1. The van der Waals surface area contributed by atoms with E-state index in [1.54, 1.807) is 29.2 Å². The van der Waals surface area contributed by atoms with Crippen molar-refractivity contribution in [2.75, 3.05) is 6.54 Å². The smallest absolute Gasteiger partial charge is 0.307 e. The molecule has 2 heterocycles. The Morgan fingerprint density at radius 2 is 2.29 bits per heavy atom. The molecule has 1 aromatic carbocycles. The molecule has 1 aliphatic rings. The molecule has 1 aliphatic heterocycles. The molecule has 1 amide bonds. The van der Waals surface area contributed by atoms with Crippen LogP contribution in [0.3, 0.4) is 0 Å². The van der Waals surface area contributed by atoms with E-state index in [2.05, 4.69) is 22.6 Å². The van der Waals surface area contributed by atoms with Gasteiger partial charge in [0.25, 0.3) is 5.89 Å². The van der Waals surface area contributed by atoms with Gasteiger partial charge in [0.05, 0.1) is 17.8 Å². The minimum absolute atomic E-state index is 0.0320. The molecule has 0 saturated carbocycles. The molecule has 0 spiro atoms. The van der Waals surface area contributed by atoms with Gasteiger partial charge in [0, 0.05) is 24.2 Å². The number of nitrogens with zero attached hydrogens (tertiary/aromatic N) is 4. The molecule has 1 N–H and O–H groups in total. The first-order valence-electron chi connectivity index (χ1n) is 7.54. The monoisotopic (exact) mass is 321 g/mol. The van der Waals surface area contributed by atoms with E-state index < -0.39 is 5.91 Å². The van der Waals surface area contributed by atoms with Gasteiger partial charge in [-0.05, 0) is 25.5 Å². The molecule has 1 aromatic heterocycles. The summed E-state index contributed by atoms with van der Waals surface area (Å²) in [6, 6.07) is 8.94. The van der Waals surface area contributed by atoms with E-state index in [9.17, 15) is 4.79 Å². The SMILES string of the molecule is C[C@@H]1C[C@@H](NC(=O)c2ncc(-c3cccc(C#N)c3)o2)CN1C#N. The summed E-state index contributed by atoms with van der Waals surface area (Å²) in [7, 11) is 0. The maximum absolute atomic E-state index is 12.2. The van der Waals surface area contributed by atoms with E-state index in [0.29, 0.717) is 29.9 Å². The molecule has 0 bridgehead atoms. The van der Waals surface area contributed by atoms with Gasteiger partial charge in [0.15, 0.2) is 12.0 Å². The van der Waals surface area contributed by atoms with Crippen LogP contribution in [-0.2, 0) is 0 Å². The number of carbonyl (C=O) groups is 1. The first-order valence-corrected chi connectivity index (χ1v) is 7.54. The highest BCUT2D eigenvalue weighted by Crippen LogP contribution is 2.22. The fraction of sp³-hybridized carbons (Fsp3) is 0.294. The van der Waals surface area contributed by atoms with Gasteiger partial charge in [-0.2, -0.15) is 10.5 Å². The lowest BCUT2D eigenvalue weighted by Crippen LogP contribution is -2.36. The molecular weight excluding hydrogens is 306 g/mol. The van der Waals surface area contributed by atoms with Crippen molar-refractivity contribution in [2.45, 2.75) is 25.4 Å². The highest BCUT2D eigenvalue weighted by Gasteiger charge is 2.30. The molecule has 7 heteroatoms. The van der Waals surface area contributed by atoms with Gasteiger partial charge in [0.1, 0.15) is 0 Å². The van der Waals surface area contributed by atoms with Crippen LogP contribution in [0, 0.1) is 22.8 Å². The maximum Gasteiger partial charge on any atom is 0.307 e. The van der Waals surface area contributed by atoms with Crippen molar-refractivity contribution in [2.24, 2.45) is 0 Å². The third kappa shape index (κ3) is 3.06. The van der Waals surface area contributed by atoms with E-state index in [4.69, 9.17) is 14.9 Å². The predicted molar refractivity (Wildman–Crippen MR) is 84.3 cm³/mol. The van der Waals surface area contributed by atoms with Crippen LogP contribution in [-0.4, -0.2) is 34.4 Å². The van der Waals surface area contributed by atoms with Crippen LogP contribution in [0.2, 0.25) is 0 Å². The molecule has 0 radical (unpaired) electrons. The summed E-state index contributed by atoms with van der Waals surface area (Å²) < 4.78 is 5.51. The standard InChI is InChI=1S/C17H15N5O2/c1-11-5-14(9-22(11)10-19)21-16(23)17-20-8-15(24-17)13-4-2-3-12(6-13)7-18/h2-4,6,8,11,14H,5,9H2,1H3,(H,21,23)/t11-,14-/m1/s1. The van der Waals surface area contributed by atoms with E-state index in [0.717, 1.165) is 0 Å². The molecule has 7 nitrogen and oxygen atoms in total. The zero-order chi connectivity index (χ0) is 17.1. The van der Waals surface area contributed by atoms with Gasteiger partial charge in [-0.15, -0.1) is 0 Å². The molecule has 2 atom stereocenters. The molecule has 0 unspecified atom stereocenters. The number of rotatable bonds is 3. The molecule has 0 aliphatic carbocycles. The quantitative estimate of drug-likeness (QED) is 0.865. The Morgan fingerprint density at radius 3 is 3.00 bits per heavy atom. The molecule has 3 rings (SSSR count). The number of nitriles is 2. The van der Waals surface area contributed by atoms with Gasteiger partial charge in [-0.1, -0.05) is 12.1 Å². The number of oxazole rings is 1. The minimum atomic E-state index is -0.408. The summed E-state index contributed by atoms with van der Waals surface area (Å²) in [6.45, 7) is 2.43. The fourth-order valence-electron chi connectivity index (χ4n) is 2.78. The highest BCUT2D eigenvalue weighted by atomic mass is 16.4. The van der Waals surface area contributed by atoms with Crippen molar-refractivity contribution in [3.63, 3.8) is 0 Å². The molecule has 120 valence electrons. The Morgan fingerprint density at radius 1 is 1.46 bits per heavy atom. The molecule has 2 aromatic rings. The second-order valence-corrected chi connectivity index (χ2v) is 5.73. The van der Waals surface area contributed by atoms with Gasteiger partial charge < -0.3 is 14.6 Å². The summed E-state index contributed by atoms with van der Waals surface area (Å²) in [5.41, 5.74) is 1.19. The fourth-order valence-corrected chi connectivity index (χ4v) is 2.78. The van der Waals surface area contributed by atoms with Gasteiger partial charge in [0.2, 0.25) is 0 Å². The van der Waals surface area contributed by atoms with Crippen molar-refractivity contribution < 1.29 is 9.21 Å². The third-order valence-electron chi connectivity index (χ3n) is 4.01. The van der Waals surface area contributed by atoms with Crippen molar-refractivity contribution in [3.8, 4) is 23.6 Å². The normalized spacial score (nSPS) is 19.5. The van der Waals surface area contributed by atoms with Crippen LogP contribution in [0.5, 0.6) is 0 Å². The summed E-state index contributed by atoms with van der Waals surface area (Å²) in [5.74, 6) is -0.0132. The van der Waals surface area contributed by atoms with Crippen LogP contribution in [0.4, 0.5) is 0 Å². The van der Waals surface area contributed by atoms with Crippen LogP contribution < -0.4 is 5.32 Å². The van der Waals surface area contributed by atoms with Crippen molar-refractivity contribution in [1.82, 2.24) is 15.2 Å². The number of nitrogens with one attached hydrogen (secondary N) is 1. The summed E-state index contributed by atoms with van der Waals surface area (Å²) in [5, 5.41) is 20.8. The van der Waals surface area contributed by atoms with E-state index in [-0.39, 0.29) is 18.0 Å². The Kier molecular flexibility index (Phi) is 4.17. The molecular formula is C17H15N5O2. The Labute approximate surface area is 139 Å². The highest BCUT2D eigenvalue weighted by molar-refractivity contribution is 5.90. The Hall–Kier alpha value is -3.32. The average molecular weight is 321 g/mol. The number of amides is 1. The second-order valence-electron chi connectivity index (χ2n) is 5.73. The number of hydrogen-bond donors (Lipinski definition) is 1. The lowest BCUT2D eigenvalue weighted by Gasteiger charge is -2.11. The van der Waals surface area contributed by atoms with Crippen LogP contribution in [0.1, 0.15) is 29.6 Å². The van der Waals surface area contributed by atoms with Crippen LogP contribution >= 0.6 is 0 Å². The second kappa shape index (κ2) is 6.43. The summed E-state index contributed by atoms with van der Waals surface area (Å²) >= 11 is 0. The Bertz CT molecular complexity index is 845. The van der Waals surface area contributed by atoms with Crippen LogP contribution in [0.15, 0.2) is 34.9 Å². The Balaban J connectivity index is 1.70. The number of benzene rings is 1. The third-order valence-corrected chi connectivity index (χ3v) is 4.01. The van der Waals surface area contributed by atoms with E-state index in [1.165, 1.54) is 6.20 Å². The van der Waals surface area contributed by atoms with Gasteiger partial charge >= 0.3 is 5.91 Å². The topological polar surface area (TPSA) is 106 Å². The predicted octanol–water partition coefficient (Wildman–Crippen LogP) is 1.89. The van der Waals surface area contributed by atoms with Crippen LogP contribution in [0.25, 0.3) is 11.3 Å². The van der Waals surface area contributed by atoms with E-state index in [1.807, 2.05) is 6.92 Å². The average Bonchev–Trinajstić information content (AvgIpc) is 3.21. The van der Waals surface area contributed by atoms with Gasteiger partial charge in [-0.25, -0.2) is 4.98 Å². The molecule has 1 fully saturated rings. The van der Waals surface area contributed by atoms with E-state index >= 15 is 0 Å². The summed E-state index contributed by atoms with van der Waals surface area (Å²) in [6.07, 6.45) is 4.28. The number of carbonyl (C=O) groups excluding carboxylic acids is 1. The largest absolute Gasteiger partial charge is 0.432 e. The number of hydrogen-bond acceptors (Lipinski definition) is 6. The first-order chi connectivity index (χ1) is 11.6.